The fraction of sp³-hybridized carbons (Fsp3) is 0.214. The fourth-order valence-electron chi connectivity index (χ4n) is 1.49. The second-order valence-corrected chi connectivity index (χ2v) is 4.26. The number of aryl methyl sites for hydroxylation is 2. The number of carbonyl (C=O) groups is 2. The molecule has 0 bridgehead atoms. The lowest BCUT2D eigenvalue weighted by molar-refractivity contribution is -0.159. The number of hydrogen-bond donors (Lipinski definition) is 2. The number of aliphatic carboxylic acids is 2. The summed E-state index contributed by atoms with van der Waals surface area (Å²) in [6.45, 7) is 5.18. The Hall–Kier alpha value is -2.63. The molecular weight excluding hydrogens is 260 g/mol. The zero-order valence-corrected chi connectivity index (χ0v) is 11.3. The van der Waals surface area contributed by atoms with Crippen LogP contribution in [-0.4, -0.2) is 31.7 Å². The van der Waals surface area contributed by atoms with E-state index >= 15 is 0 Å². The summed E-state index contributed by atoms with van der Waals surface area (Å²) in [5.41, 5.74) is 4.02. The Morgan fingerprint density at radius 1 is 1.15 bits per heavy atom. The van der Waals surface area contributed by atoms with Crippen LogP contribution in [-0.2, 0) is 16.1 Å². The predicted molar refractivity (Wildman–Crippen MR) is 72.5 cm³/mol. The first-order valence-electron chi connectivity index (χ1n) is 5.88. The lowest BCUT2D eigenvalue weighted by Gasteiger charge is -2.05. The van der Waals surface area contributed by atoms with Crippen molar-refractivity contribution in [3.63, 3.8) is 0 Å². The average Bonchev–Trinajstić information content (AvgIpc) is 2.87. The summed E-state index contributed by atoms with van der Waals surface area (Å²) in [4.78, 5) is 22.2. The van der Waals surface area contributed by atoms with Crippen molar-refractivity contribution in [3.8, 4) is 0 Å². The van der Waals surface area contributed by atoms with Crippen molar-refractivity contribution < 1.29 is 19.8 Å². The fourth-order valence-corrected chi connectivity index (χ4v) is 1.49. The summed E-state index contributed by atoms with van der Waals surface area (Å²) in [7, 11) is 0. The maximum atomic E-state index is 9.10. The van der Waals surface area contributed by atoms with Crippen molar-refractivity contribution in [2.45, 2.75) is 20.4 Å². The molecule has 0 unspecified atom stereocenters. The number of rotatable bonds is 2. The molecule has 0 saturated heterocycles. The minimum atomic E-state index is -1.82. The number of carboxylic acid groups (broad SMARTS) is 2. The first-order valence-corrected chi connectivity index (χ1v) is 5.88. The molecule has 106 valence electrons. The van der Waals surface area contributed by atoms with Crippen molar-refractivity contribution in [1.82, 2.24) is 9.55 Å². The number of nitrogens with zero attached hydrogens (tertiary/aromatic N) is 2. The van der Waals surface area contributed by atoms with E-state index < -0.39 is 11.9 Å². The van der Waals surface area contributed by atoms with Gasteiger partial charge >= 0.3 is 11.9 Å². The third-order valence-corrected chi connectivity index (χ3v) is 2.68. The normalized spacial score (nSPS) is 9.50. The summed E-state index contributed by atoms with van der Waals surface area (Å²) in [5.74, 6) is -3.65. The summed E-state index contributed by atoms with van der Waals surface area (Å²) in [6, 6.07) is 6.57. The largest absolute Gasteiger partial charge is 0.473 e. The Bertz CT molecular complexity index is 579. The molecule has 0 saturated carbocycles. The van der Waals surface area contributed by atoms with Crippen LogP contribution in [0.2, 0.25) is 0 Å². The second kappa shape index (κ2) is 7.08. The maximum Gasteiger partial charge on any atom is 0.414 e. The van der Waals surface area contributed by atoms with E-state index in [2.05, 4.69) is 41.6 Å². The molecule has 20 heavy (non-hydrogen) atoms. The Labute approximate surface area is 116 Å². The van der Waals surface area contributed by atoms with Gasteiger partial charge in [-0.15, -0.1) is 0 Å². The third kappa shape index (κ3) is 4.93. The van der Waals surface area contributed by atoms with Crippen LogP contribution in [0, 0.1) is 13.8 Å². The first-order chi connectivity index (χ1) is 9.40. The zero-order chi connectivity index (χ0) is 15.1. The van der Waals surface area contributed by atoms with Crippen molar-refractivity contribution in [1.29, 1.82) is 0 Å². The monoisotopic (exact) mass is 276 g/mol. The van der Waals surface area contributed by atoms with Gasteiger partial charge in [0.15, 0.2) is 0 Å². The Morgan fingerprint density at radius 2 is 1.80 bits per heavy atom. The van der Waals surface area contributed by atoms with Gasteiger partial charge in [-0.25, -0.2) is 14.6 Å². The molecule has 2 N–H and O–H groups in total. The highest BCUT2D eigenvalue weighted by atomic mass is 16.4. The number of benzene rings is 1. The molecule has 0 radical (unpaired) electrons. The van der Waals surface area contributed by atoms with Crippen LogP contribution in [0.5, 0.6) is 0 Å². The molecule has 0 spiro atoms. The van der Waals surface area contributed by atoms with E-state index in [9.17, 15) is 0 Å². The van der Waals surface area contributed by atoms with Crippen molar-refractivity contribution in [2.24, 2.45) is 0 Å². The van der Waals surface area contributed by atoms with Gasteiger partial charge in [0.2, 0.25) is 0 Å². The highest BCUT2D eigenvalue weighted by Gasteiger charge is 2.04. The second-order valence-electron chi connectivity index (χ2n) is 4.26. The van der Waals surface area contributed by atoms with E-state index in [0.29, 0.717) is 0 Å². The number of imidazole rings is 1. The van der Waals surface area contributed by atoms with Crippen LogP contribution in [0.1, 0.15) is 16.7 Å². The van der Waals surface area contributed by atoms with Crippen LogP contribution < -0.4 is 0 Å². The SMILES string of the molecule is Cc1ccc(Cn2ccnc2)cc1C.O=C(O)C(=O)O. The van der Waals surface area contributed by atoms with Gasteiger partial charge in [0, 0.05) is 18.9 Å². The Kier molecular flexibility index (Phi) is 5.46. The Balaban J connectivity index is 0.000000286. The summed E-state index contributed by atoms with van der Waals surface area (Å²) in [5, 5.41) is 14.8. The third-order valence-electron chi connectivity index (χ3n) is 2.68. The Morgan fingerprint density at radius 3 is 2.25 bits per heavy atom. The minimum absolute atomic E-state index is 0.904. The molecule has 6 heteroatoms. The molecule has 1 heterocycles. The smallest absolute Gasteiger partial charge is 0.414 e. The van der Waals surface area contributed by atoms with Crippen LogP contribution in [0.25, 0.3) is 0 Å². The molecule has 0 aliphatic carbocycles. The molecular formula is C14H16N2O4. The van der Waals surface area contributed by atoms with Gasteiger partial charge in [-0.1, -0.05) is 18.2 Å². The van der Waals surface area contributed by atoms with Crippen LogP contribution in [0.15, 0.2) is 36.9 Å². The van der Waals surface area contributed by atoms with Crippen LogP contribution >= 0.6 is 0 Å². The van der Waals surface area contributed by atoms with E-state index in [1.807, 2.05) is 12.5 Å². The molecule has 0 aliphatic heterocycles. The summed E-state index contributed by atoms with van der Waals surface area (Å²) in [6.07, 6.45) is 5.63. The van der Waals surface area contributed by atoms with Crippen molar-refractivity contribution in [2.75, 3.05) is 0 Å². The lowest BCUT2D eigenvalue weighted by atomic mass is 10.1. The van der Waals surface area contributed by atoms with Gasteiger partial charge in [0.05, 0.1) is 6.33 Å². The van der Waals surface area contributed by atoms with Gasteiger partial charge in [-0.3, -0.25) is 0 Å². The van der Waals surface area contributed by atoms with Gasteiger partial charge in [0.1, 0.15) is 0 Å². The molecule has 2 rings (SSSR count). The van der Waals surface area contributed by atoms with E-state index in [0.717, 1.165) is 6.54 Å². The average molecular weight is 276 g/mol. The van der Waals surface area contributed by atoms with Gasteiger partial charge < -0.3 is 14.8 Å². The molecule has 1 aromatic carbocycles. The quantitative estimate of drug-likeness (QED) is 0.814. The van der Waals surface area contributed by atoms with E-state index in [1.165, 1.54) is 16.7 Å². The van der Waals surface area contributed by atoms with Crippen LogP contribution in [0.4, 0.5) is 0 Å². The van der Waals surface area contributed by atoms with E-state index in [-0.39, 0.29) is 0 Å². The van der Waals surface area contributed by atoms with E-state index in [1.54, 1.807) is 6.20 Å². The molecule has 1 aromatic heterocycles. The van der Waals surface area contributed by atoms with Gasteiger partial charge in [0.25, 0.3) is 0 Å². The molecule has 0 atom stereocenters. The standard InChI is InChI=1S/C12H14N2.C2H2O4/c1-10-3-4-12(7-11(10)2)8-14-6-5-13-9-14;3-1(4)2(5)6/h3-7,9H,8H2,1-2H3;(H,3,4)(H,5,6). The lowest BCUT2D eigenvalue weighted by Crippen LogP contribution is -2.09. The minimum Gasteiger partial charge on any atom is -0.473 e. The van der Waals surface area contributed by atoms with E-state index in [4.69, 9.17) is 19.8 Å². The maximum absolute atomic E-state index is 9.10. The number of aromatic nitrogens is 2. The summed E-state index contributed by atoms with van der Waals surface area (Å²) >= 11 is 0. The van der Waals surface area contributed by atoms with Gasteiger partial charge in [-0.2, -0.15) is 0 Å². The first kappa shape index (κ1) is 15.4. The van der Waals surface area contributed by atoms with Crippen LogP contribution in [0.3, 0.4) is 0 Å². The summed E-state index contributed by atoms with van der Waals surface area (Å²) < 4.78 is 2.07. The van der Waals surface area contributed by atoms with Crippen molar-refractivity contribution >= 4 is 11.9 Å². The molecule has 0 amide bonds. The molecule has 2 aromatic rings. The van der Waals surface area contributed by atoms with Crippen molar-refractivity contribution in [3.05, 3.63) is 53.6 Å². The van der Waals surface area contributed by atoms with Gasteiger partial charge in [-0.05, 0) is 30.5 Å². The predicted octanol–water partition coefficient (Wildman–Crippen LogP) is 1.70. The number of carboxylic acids is 2. The molecule has 0 fully saturated rings. The molecule has 0 aliphatic rings. The number of hydrogen-bond acceptors (Lipinski definition) is 3. The zero-order valence-electron chi connectivity index (χ0n) is 11.3. The highest BCUT2D eigenvalue weighted by Crippen LogP contribution is 2.10. The molecule has 6 nitrogen and oxygen atoms in total. The highest BCUT2D eigenvalue weighted by molar-refractivity contribution is 6.27. The topological polar surface area (TPSA) is 92.4 Å².